The van der Waals surface area contributed by atoms with Crippen molar-refractivity contribution < 1.29 is 14.3 Å². The van der Waals surface area contributed by atoms with Crippen molar-refractivity contribution in [1.82, 2.24) is 9.88 Å². The number of hydrogen-bond acceptors (Lipinski definition) is 3. The van der Waals surface area contributed by atoms with Gasteiger partial charge < -0.3 is 15.0 Å². The Bertz CT molecular complexity index is 1050. The fraction of sp³-hybridized carbons (Fsp3) is 0.158. The third kappa shape index (κ3) is 2.46. The van der Waals surface area contributed by atoms with Gasteiger partial charge in [-0.25, -0.2) is 4.39 Å². The highest BCUT2D eigenvalue weighted by molar-refractivity contribution is 6.03. The molecule has 5 nitrogen and oxygen atoms in total. The minimum Gasteiger partial charge on any atom is -0.506 e. The molecule has 3 aromatic rings. The van der Waals surface area contributed by atoms with Crippen LogP contribution in [0.1, 0.15) is 21.5 Å². The number of hydrogen-bond donors (Lipinski definition) is 2. The number of carbonyl (C=O) groups excluding carboxylic acids is 1. The Hall–Kier alpha value is -3.15. The second-order valence-corrected chi connectivity index (χ2v) is 6.05. The predicted octanol–water partition coefficient (Wildman–Crippen LogP) is 2.33. The number of benzene rings is 2. The van der Waals surface area contributed by atoms with Crippen LogP contribution in [-0.4, -0.2) is 15.6 Å². The van der Waals surface area contributed by atoms with Gasteiger partial charge in [-0.1, -0.05) is 24.3 Å². The van der Waals surface area contributed by atoms with Gasteiger partial charge in [0.15, 0.2) is 0 Å². The van der Waals surface area contributed by atoms with E-state index < -0.39 is 11.5 Å². The molecule has 0 fully saturated rings. The fourth-order valence-corrected chi connectivity index (χ4v) is 3.30. The zero-order valence-corrected chi connectivity index (χ0v) is 13.3. The number of nitrogens with one attached hydrogen (secondary N) is 1. The molecule has 2 N–H and O–H groups in total. The van der Waals surface area contributed by atoms with Crippen LogP contribution in [0.15, 0.2) is 47.3 Å². The number of rotatable bonds is 3. The summed E-state index contributed by atoms with van der Waals surface area (Å²) in [6, 6.07) is 11.1. The molecule has 2 aromatic carbocycles. The highest BCUT2D eigenvalue weighted by Gasteiger charge is 2.25. The van der Waals surface area contributed by atoms with Crippen molar-refractivity contribution in [3.63, 3.8) is 0 Å². The third-order valence-corrected chi connectivity index (χ3v) is 4.54. The minimum atomic E-state index is -0.644. The minimum absolute atomic E-state index is 0.135. The number of carbonyl (C=O) groups is 1. The lowest BCUT2D eigenvalue weighted by molar-refractivity contribution is 0.0946. The molecule has 0 bridgehead atoms. The molecule has 2 heterocycles. The van der Waals surface area contributed by atoms with Crippen LogP contribution in [0.3, 0.4) is 0 Å². The Kier molecular flexibility index (Phi) is 3.53. The summed E-state index contributed by atoms with van der Waals surface area (Å²) in [4.78, 5) is 25.2. The maximum Gasteiger partial charge on any atom is 0.267 e. The first-order chi connectivity index (χ1) is 12.1. The van der Waals surface area contributed by atoms with E-state index in [4.69, 9.17) is 0 Å². The highest BCUT2D eigenvalue weighted by Crippen LogP contribution is 2.31. The number of pyridine rings is 1. The first-order valence-corrected chi connectivity index (χ1v) is 7.96. The van der Waals surface area contributed by atoms with Gasteiger partial charge in [0.05, 0.1) is 5.52 Å². The van der Waals surface area contributed by atoms with E-state index in [1.165, 1.54) is 16.7 Å². The van der Waals surface area contributed by atoms with Gasteiger partial charge in [0, 0.05) is 18.5 Å². The maximum absolute atomic E-state index is 12.9. The van der Waals surface area contributed by atoms with E-state index >= 15 is 0 Å². The van der Waals surface area contributed by atoms with Crippen LogP contribution in [0.25, 0.3) is 10.9 Å². The van der Waals surface area contributed by atoms with Crippen LogP contribution in [0.5, 0.6) is 5.75 Å². The Labute approximate surface area is 142 Å². The molecular formula is C19H15FN2O3. The molecule has 6 heteroatoms. The van der Waals surface area contributed by atoms with Crippen molar-refractivity contribution in [2.45, 2.75) is 19.5 Å². The molecule has 1 aromatic heterocycles. The number of para-hydroxylation sites is 1. The number of amides is 1. The lowest BCUT2D eigenvalue weighted by Crippen LogP contribution is -2.32. The van der Waals surface area contributed by atoms with Gasteiger partial charge in [-0.2, -0.15) is 0 Å². The Morgan fingerprint density at radius 1 is 1.20 bits per heavy atom. The second kappa shape index (κ2) is 5.73. The SMILES string of the molecule is O=C(NCc1ccc(F)cc1)c1c(O)c2cccc3c2n(c1=O)CC3. The number of aryl methyl sites for hydroxylation is 2. The smallest absolute Gasteiger partial charge is 0.267 e. The zero-order chi connectivity index (χ0) is 17.6. The van der Waals surface area contributed by atoms with Gasteiger partial charge in [0.1, 0.15) is 17.1 Å². The predicted molar refractivity (Wildman–Crippen MR) is 91.1 cm³/mol. The van der Waals surface area contributed by atoms with E-state index in [1.54, 1.807) is 24.3 Å². The quantitative estimate of drug-likeness (QED) is 0.770. The highest BCUT2D eigenvalue weighted by atomic mass is 19.1. The molecule has 126 valence electrons. The van der Waals surface area contributed by atoms with Gasteiger partial charge >= 0.3 is 0 Å². The third-order valence-electron chi connectivity index (χ3n) is 4.54. The molecule has 1 aliphatic rings. The van der Waals surface area contributed by atoms with Gasteiger partial charge in [0.25, 0.3) is 11.5 Å². The summed E-state index contributed by atoms with van der Waals surface area (Å²) in [7, 11) is 0. The van der Waals surface area contributed by atoms with E-state index in [-0.39, 0.29) is 23.7 Å². The fourth-order valence-electron chi connectivity index (χ4n) is 3.30. The average Bonchev–Trinajstić information content (AvgIpc) is 3.04. The topological polar surface area (TPSA) is 71.3 Å². The van der Waals surface area contributed by atoms with Gasteiger partial charge in [-0.05, 0) is 35.7 Å². The van der Waals surface area contributed by atoms with Crippen LogP contribution in [0.2, 0.25) is 0 Å². The first kappa shape index (κ1) is 15.4. The van der Waals surface area contributed by atoms with Crippen LogP contribution in [0, 0.1) is 5.82 Å². The molecule has 4 rings (SSSR count). The molecule has 25 heavy (non-hydrogen) atoms. The van der Waals surface area contributed by atoms with Crippen LogP contribution >= 0.6 is 0 Å². The number of aromatic hydroxyl groups is 1. The normalized spacial score (nSPS) is 12.5. The van der Waals surface area contributed by atoms with Crippen molar-refractivity contribution in [2.75, 3.05) is 0 Å². The molecule has 1 amide bonds. The molecule has 0 atom stereocenters. The summed E-state index contributed by atoms with van der Waals surface area (Å²) in [5, 5.41) is 13.6. The summed E-state index contributed by atoms with van der Waals surface area (Å²) < 4.78 is 14.5. The first-order valence-electron chi connectivity index (χ1n) is 7.96. The molecule has 0 saturated carbocycles. The average molecular weight is 338 g/mol. The molecule has 0 unspecified atom stereocenters. The largest absolute Gasteiger partial charge is 0.506 e. The molecule has 0 spiro atoms. The van der Waals surface area contributed by atoms with Gasteiger partial charge in [-0.3, -0.25) is 9.59 Å². The number of aromatic nitrogens is 1. The summed E-state index contributed by atoms with van der Waals surface area (Å²) >= 11 is 0. The second-order valence-electron chi connectivity index (χ2n) is 6.05. The molecule has 0 aliphatic carbocycles. The molecular weight excluding hydrogens is 323 g/mol. The summed E-state index contributed by atoms with van der Waals surface area (Å²) in [5.41, 5.74) is 1.63. The zero-order valence-electron chi connectivity index (χ0n) is 13.3. The number of nitrogens with zero attached hydrogens (tertiary/aromatic N) is 1. The monoisotopic (exact) mass is 338 g/mol. The summed E-state index contributed by atoms with van der Waals surface area (Å²) in [6.45, 7) is 0.628. The number of halogens is 1. The van der Waals surface area contributed by atoms with Crippen molar-refractivity contribution in [3.8, 4) is 5.75 Å². The maximum atomic E-state index is 12.9. The van der Waals surface area contributed by atoms with Gasteiger partial charge in [-0.15, -0.1) is 0 Å². The van der Waals surface area contributed by atoms with Crippen molar-refractivity contribution in [1.29, 1.82) is 0 Å². The van der Waals surface area contributed by atoms with Crippen molar-refractivity contribution >= 4 is 16.8 Å². The van der Waals surface area contributed by atoms with Crippen LogP contribution in [0.4, 0.5) is 4.39 Å². The molecule has 0 saturated heterocycles. The Balaban J connectivity index is 1.71. The molecule has 0 radical (unpaired) electrons. The van der Waals surface area contributed by atoms with E-state index in [9.17, 15) is 19.1 Å². The lowest BCUT2D eigenvalue weighted by atomic mass is 10.1. The van der Waals surface area contributed by atoms with Crippen molar-refractivity contribution in [3.05, 3.63) is 75.3 Å². The van der Waals surface area contributed by atoms with E-state index in [0.29, 0.717) is 29.4 Å². The summed E-state index contributed by atoms with van der Waals surface area (Å²) in [5.74, 6) is -1.30. The van der Waals surface area contributed by atoms with Crippen molar-refractivity contribution in [2.24, 2.45) is 0 Å². The Morgan fingerprint density at radius 2 is 1.96 bits per heavy atom. The van der Waals surface area contributed by atoms with Crippen LogP contribution in [-0.2, 0) is 19.5 Å². The molecule has 1 aliphatic heterocycles. The standard InChI is InChI=1S/C19H15FN2O3/c20-13-6-4-11(5-7-13)10-21-18(24)15-17(23)14-3-1-2-12-8-9-22(16(12)14)19(15)25/h1-7,23H,8-10H2,(H,21,24). The van der Waals surface area contributed by atoms with E-state index in [0.717, 1.165) is 5.56 Å². The lowest BCUT2D eigenvalue weighted by Gasteiger charge is -2.11. The Morgan fingerprint density at radius 3 is 2.72 bits per heavy atom. The van der Waals surface area contributed by atoms with E-state index in [1.807, 2.05) is 6.07 Å². The summed E-state index contributed by atoms with van der Waals surface area (Å²) in [6.07, 6.45) is 0.701. The van der Waals surface area contributed by atoms with Crippen LogP contribution < -0.4 is 10.9 Å². The van der Waals surface area contributed by atoms with Gasteiger partial charge in [0.2, 0.25) is 0 Å². The van der Waals surface area contributed by atoms with E-state index in [2.05, 4.69) is 5.32 Å².